The lowest BCUT2D eigenvalue weighted by atomic mass is 10.3. The van der Waals surface area contributed by atoms with Crippen LogP contribution in [0, 0.1) is 0 Å². The Hall–Kier alpha value is -2.99. The van der Waals surface area contributed by atoms with Gasteiger partial charge in [-0.1, -0.05) is 23.7 Å². The summed E-state index contributed by atoms with van der Waals surface area (Å²) in [4.78, 5) is 17.9. The summed E-state index contributed by atoms with van der Waals surface area (Å²) in [5.41, 5.74) is 0.702. The number of anilines is 1. The highest BCUT2D eigenvalue weighted by molar-refractivity contribution is 6.32. The van der Waals surface area contributed by atoms with E-state index in [-0.39, 0.29) is 6.03 Å². The number of aryl methyl sites for hydroxylation is 1. The Morgan fingerprint density at radius 2 is 2.00 bits per heavy atom. The Kier molecular flexibility index (Phi) is 6.33. The molecule has 0 saturated heterocycles. The van der Waals surface area contributed by atoms with E-state index in [9.17, 15) is 4.79 Å². The molecule has 1 N–H and O–H groups in total. The van der Waals surface area contributed by atoms with Crippen molar-refractivity contribution >= 4 is 23.3 Å². The molecule has 0 aliphatic carbocycles. The lowest BCUT2D eigenvalue weighted by molar-refractivity contribution is 0.221. The Morgan fingerprint density at radius 1 is 1.22 bits per heavy atom. The molecule has 0 spiro atoms. The first-order chi connectivity index (χ1) is 13.1. The number of nitrogens with one attached hydrogen (secondary N) is 1. The predicted molar refractivity (Wildman–Crippen MR) is 106 cm³/mol. The minimum Gasteiger partial charge on any atom is -0.456 e. The van der Waals surface area contributed by atoms with E-state index in [1.807, 2.05) is 22.9 Å². The Labute approximate surface area is 163 Å². The number of hydrogen-bond acceptors (Lipinski definition) is 3. The van der Waals surface area contributed by atoms with Gasteiger partial charge >= 0.3 is 6.03 Å². The summed E-state index contributed by atoms with van der Waals surface area (Å²) in [5, 5.41) is 3.42. The van der Waals surface area contributed by atoms with Crippen LogP contribution >= 0.6 is 11.6 Å². The van der Waals surface area contributed by atoms with E-state index >= 15 is 0 Å². The van der Waals surface area contributed by atoms with Crippen LogP contribution in [-0.4, -0.2) is 34.1 Å². The van der Waals surface area contributed by atoms with Crippen LogP contribution in [0.4, 0.5) is 10.5 Å². The summed E-state index contributed by atoms with van der Waals surface area (Å²) in [7, 11) is 1.78. The maximum atomic E-state index is 12.3. The maximum Gasteiger partial charge on any atom is 0.321 e. The second-order valence-electron chi connectivity index (χ2n) is 6.06. The molecule has 0 aliphatic heterocycles. The zero-order valence-corrected chi connectivity index (χ0v) is 15.8. The van der Waals surface area contributed by atoms with E-state index in [1.165, 1.54) is 0 Å². The molecule has 1 heterocycles. The molecule has 3 aromatic rings. The number of amides is 2. The molecule has 0 unspecified atom stereocenters. The van der Waals surface area contributed by atoms with Crippen molar-refractivity contribution in [3.8, 4) is 11.5 Å². The largest absolute Gasteiger partial charge is 0.456 e. The first-order valence-electron chi connectivity index (χ1n) is 8.62. The molecule has 0 radical (unpaired) electrons. The topological polar surface area (TPSA) is 59.4 Å². The number of carbonyl (C=O) groups is 1. The fourth-order valence-corrected chi connectivity index (χ4v) is 2.66. The number of halogens is 1. The van der Waals surface area contributed by atoms with Gasteiger partial charge in [-0.25, -0.2) is 9.78 Å². The summed E-state index contributed by atoms with van der Waals surface area (Å²) >= 11 is 6.09. The minimum atomic E-state index is -0.152. The zero-order chi connectivity index (χ0) is 19.1. The van der Waals surface area contributed by atoms with Gasteiger partial charge in [0, 0.05) is 38.2 Å². The van der Waals surface area contributed by atoms with Gasteiger partial charge in [-0.05, 0) is 42.8 Å². The number of urea groups is 1. The monoisotopic (exact) mass is 384 g/mol. The van der Waals surface area contributed by atoms with Gasteiger partial charge in [0.1, 0.15) is 11.5 Å². The molecular weight excluding hydrogens is 364 g/mol. The lowest BCUT2D eigenvalue weighted by Gasteiger charge is -2.18. The second-order valence-corrected chi connectivity index (χ2v) is 6.47. The highest BCUT2D eigenvalue weighted by atomic mass is 35.5. The van der Waals surface area contributed by atoms with E-state index in [4.69, 9.17) is 16.3 Å². The van der Waals surface area contributed by atoms with Crippen LogP contribution in [0.25, 0.3) is 0 Å². The summed E-state index contributed by atoms with van der Waals surface area (Å²) in [6.07, 6.45) is 6.28. The van der Waals surface area contributed by atoms with E-state index in [1.54, 1.807) is 60.9 Å². The van der Waals surface area contributed by atoms with Crippen LogP contribution in [-0.2, 0) is 6.54 Å². The third-order valence-corrected chi connectivity index (χ3v) is 4.30. The van der Waals surface area contributed by atoms with Crippen molar-refractivity contribution in [2.45, 2.75) is 13.0 Å². The van der Waals surface area contributed by atoms with E-state index in [0.717, 1.165) is 13.0 Å². The van der Waals surface area contributed by atoms with Crippen molar-refractivity contribution in [2.75, 3.05) is 18.9 Å². The first-order valence-corrected chi connectivity index (χ1v) is 9.00. The summed E-state index contributed by atoms with van der Waals surface area (Å²) in [6, 6.07) is 14.3. The zero-order valence-electron chi connectivity index (χ0n) is 15.0. The fraction of sp³-hybridized carbons (Fsp3) is 0.200. The molecule has 2 aromatic carbocycles. The Balaban J connectivity index is 1.48. The second kappa shape index (κ2) is 9.09. The molecule has 6 nitrogen and oxygen atoms in total. The number of benzene rings is 2. The number of nitrogens with zero attached hydrogens (tertiary/aromatic N) is 3. The molecule has 0 saturated carbocycles. The predicted octanol–water partition coefficient (Wildman–Crippen LogP) is 4.88. The molecule has 27 heavy (non-hydrogen) atoms. The molecule has 0 aliphatic rings. The van der Waals surface area contributed by atoms with E-state index < -0.39 is 0 Å². The van der Waals surface area contributed by atoms with Gasteiger partial charge < -0.3 is 19.5 Å². The third kappa shape index (κ3) is 5.49. The Morgan fingerprint density at radius 3 is 2.70 bits per heavy atom. The molecular formula is C20H21ClN4O2. The van der Waals surface area contributed by atoms with Crippen LogP contribution in [0.3, 0.4) is 0 Å². The lowest BCUT2D eigenvalue weighted by Crippen LogP contribution is -2.32. The van der Waals surface area contributed by atoms with Crippen molar-refractivity contribution in [3.63, 3.8) is 0 Å². The van der Waals surface area contributed by atoms with Gasteiger partial charge in [0.25, 0.3) is 0 Å². The smallest absolute Gasteiger partial charge is 0.321 e. The first kappa shape index (κ1) is 18.8. The van der Waals surface area contributed by atoms with Gasteiger partial charge in [0.05, 0.1) is 11.3 Å². The van der Waals surface area contributed by atoms with E-state index in [0.29, 0.717) is 28.8 Å². The summed E-state index contributed by atoms with van der Waals surface area (Å²) in [5.74, 6) is 1.24. The van der Waals surface area contributed by atoms with Gasteiger partial charge in [-0.15, -0.1) is 0 Å². The molecule has 3 rings (SSSR count). The van der Waals surface area contributed by atoms with Crippen molar-refractivity contribution in [2.24, 2.45) is 0 Å². The fourth-order valence-electron chi connectivity index (χ4n) is 2.49. The number of carbonyl (C=O) groups excluding carboxylic acids is 1. The Bertz CT molecular complexity index is 866. The molecule has 2 amide bonds. The molecule has 0 atom stereocenters. The number of para-hydroxylation sites is 1. The molecule has 0 bridgehead atoms. The van der Waals surface area contributed by atoms with Gasteiger partial charge in [-0.2, -0.15) is 0 Å². The molecule has 0 fully saturated rings. The number of ether oxygens (including phenoxy) is 1. The van der Waals surface area contributed by atoms with Crippen molar-refractivity contribution in [3.05, 3.63) is 72.3 Å². The highest BCUT2D eigenvalue weighted by Gasteiger charge is 2.09. The standard InChI is InChI=1S/C20H21ClN4O2/c1-24(12-4-13-25-14-11-22-15-25)20(26)23-16-7-9-17(10-8-16)27-19-6-3-2-5-18(19)21/h2-3,5-11,14-15H,4,12-13H2,1H3,(H,23,26). The van der Waals surface area contributed by atoms with Crippen molar-refractivity contribution in [1.29, 1.82) is 0 Å². The maximum absolute atomic E-state index is 12.3. The average molecular weight is 385 g/mol. The van der Waals surface area contributed by atoms with Crippen LogP contribution in [0.15, 0.2) is 67.3 Å². The van der Waals surface area contributed by atoms with Crippen LogP contribution in [0.5, 0.6) is 11.5 Å². The quantitative estimate of drug-likeness (QED) is 0.631. The van der Waals surface area contributed by atoms with Gasteiger partial charge in [0.2, 0.25) is 0 Å². The molecule has 7 heteroatoms. The highest BCUT2D eigenvalue weighted by Crippen LogP contribution is 2.29. The van der Waals surface area contributed by atoms with Crippen LogP contribution in [0.2, 0.25) is 5.02 Å². The third-order valence-electron chi connectivity index (χ3n) is 3.99. The summed E-state index contributed by atoms with van der Waals surface area (Å²) in [6.45, 7) is 1.48. The van der Waals surface area contributed by atoms with Gasteiger partial charge in [-0.3, -0.25) is 0 Å². The summed E-state index contributed by atoms with van der Waals surface area (Å²) < 4.78 is 7.73. The number of hydrogen-bond donors (Lipinski definition) is 1. The molecule has 1 aromatic heterocycles. The number of aromatic nitrogens is 2. The average Bonchev–Trinajstić information content (AvgIpc) is 3.18. The van der Waals surface area contributed by atoms with Crippen molar-refractivity contribution in [1.82, 2.24) is 14.5 Å². The van der Waals surface area contributed by atoms with Crippen molar-refractivity contribution < 1.29 is 9.53 Å². The van der Waals surface area contributed by atoms with Crippen LogP contribution in [0.1, 0.15) is 6.42 Å². The minimum absolute atomic E-state index is 0.152. The molecule has 140 valence electrons. The van der Waals surface area contributed by atoms with Gasteiger partial charge in [0.15, 0.2) is 0 Å². The SMILES string of the molecule is CN(CCCn1ccnc1)C(=O)Nc1ccc(Oc2ccccc2Cl)cc1. The number of imidazole rings is 1. The van der Waals surface area contributed by atoms with Crippen LogP contribution < -0.4 is 10.1 Å². The normalized spacial score (nSPS) is 10.4. The number of rotatable bonds is 7. The van der Waals surface area contributed by atoms with E-state index in [2.05, 4.69) is 10.3 Å².